The Kier molecular flexibility index (Phi) is 5.71. The molecule has 3 aromatic heterocycles. The predicted molar refractivity (Wildman–Crippen MR) is 114 cm³/mol. The van der Waals surface area contributed by atoms with Crippen LogP contribution in [0.1, 0.15) is 25.7 Å². The molecule has 2 amide bonds. The highest BCUT2D eigenvalue weighted by Crippen LogP contribution is 2.23. The van der Waals surface area contributed by atoms with E-state index < -0.39 is 0 Å². The van der Waals surface area contributed by atoms with Crippen LogP contribution >= 0.6 is 0 Å². The quantitative estimate of drug-likeness (QED) is 0.672. The maximum absolute atomic E-state index is 12.2. The van der Waals surface area contributed by atoms with Gasteiger partial charge in [0.2, 0.25) is 0 Å². The van der Waals surface area contributed by atoms with Crippen molar-refractivity contribution in [3.05, 3.63) is 36.8 Å². The van der Waals surface area contributed by atoms with Crippen molar-refractivity contribution in [1.82, 2.24) is 30.0 Å². The van der Waals surface area contributed by atoms with E-state index in [1.54, 1.807) is 6.07 Å². The first-order chi connectivity index (χ1) is 14.1. The predicted octanol–water partition coefficient (Wildman–Crippen LogP) is 3.12. The molecule has 0 spiro atoms. The number of carbonyl (C=O) groups excluding carboxylic acids is 1. The zero-order valence-corrected chi connectivity index (χ0v) is 16.9. The van der Waals surface area contributed by atoms with Crippen LogP contribution in [0.15, 0.2) is 36.8 Å². The van der Waals surface area contributed by atoms with Gasteiger partial charge in [-0.1, -0.05) is 12.8 Å². The number of urea groups is 1. The summed E-state index contributed by atoms with van der Waals surface area (Å²) < 4.78 is 1.93. The molecule has 8 heteroatoms. The molecule has 1 fully saturated rings. The summed E-state index contributed by atoms with van der Waals surface area (Å²) >= 11 is 0. The van der Waals surface area contributed by atoms with E-state index in [0.29, 0.717) is 5.82 Å². The van der Waals surface area contributed by atoms with Gasteiger partial charge in [-0.2, -0.15) is 5.10 Å². The Morgan fingerprint density at radius 3 is 2.79 bits per heavy atom. The van der Waals surface area contributed by atoms with E-state index in [1.807, 2.05) is 49.5 Å². The third-order valence-electron chi connectivity index (χ3n) is 5.21. The van der Waals surface area contributed by atoms with Crippen LogP contribution < -0.4 is 10.6 Å². The number of nitrogens with one attached hydrogen (secondary N) is 2. The molecule has 0 saturated heterocycles. The molecule has 1 aliphatic rings. The van der Waals surface area contributed by atoms with E-state index in [4.69, 9.17) is 0 Å². The highest BCUT2D eigenvalue weighted by Gasteiger charge is 2.17. The molecule has 0 radical (unpaired) electrons. The van der Waals surface area contributed by atoms with E-state index in [1.165, 1.54) is 12.8 Å². The lowest BCUT2D eigenvalue weighted by Gasteiger charge is -2.12. The van der Waals surface area contributed by atoms with Crippen molar-refractivity contribution >= 4 is 22.9 Å². The van der Waals surface area contributed by atoms with Crippen LogP contribution in [0.2, 0.25) is 0 Å². The SMILES string of the molecule is CN(C)CCn1cc(-c2cnc3ccc(NC(=O)NC4CCCC4)nc3c2)cn1. The molecule has 1 aliphatic carbocycles. The van der Waals surface area contributed by atoms with Crippen molar-refractivity contribution in [2.45, 2.75) is 38.3 Å². The van der Waals surface area contributed by atoms with Crippen molar-refractivity contribution in [2.75, 3.05) is 26.0 Å². The smallest absolute Gasteiger partial charge is 0.320 e. The number of hydrogen-bond acceptors (Lipinski definition) is 5. The minimum atomic E-state index is -0.199. The number of nitrogens with zero attached hydrogens (tertiary/aromatic N) is 5. The molecule has 152 valence electrons. The van der Waals surface area contributed by atoms with Crippen LogP contribution in [0, 0.1) is 0 Å². The van der Waals surface area contributed by atoms with Crippen molar-refractivity contribution < 1.29 is 4.79 Å². The van der Waals surface area contributed by atoms with Gasteiger partial charge in [0.25, 0.3) is 0 Å². The fourth-order valence-electron chi connectivity index (χ4n) is 3.58. The van der Waals surface area contributed by atoms with Crippen LogP contribution in [-0.4, -0.2) is 57.4 Å². The summed E-state index contributed by atoms with van der Waals surface area (Å²) in [6.07, 6.45) is 10.2. The zero-order chi connectivity index (χ0) is 20.2. The lowest BCUT2D eigenvalue weighted by atomic mass is 10.1. The molecule has 1 saturated carbocycles. The first-order valence-electron chi connectivity index (χ1n) is 10.1. The van der Waals surface area contributed by atoms with Gasteiger partial charge in [0.1, 0.15) is 5.82 Å². The first-order valence-corrected chi connectivity index (χ1v) is 10.1. The maximum Gasteiger partial charge on any atom is 0.320 e. The normalized spacial score (nSPS) is 14.6. The second kappa shape index (κ2) is 8.57. The van der Waals surface area contributed by atoms with Crippen molar-refractivity contribution in [3.8, 4) is 11.1 Å². The highest BCUT2D eigenvalue weighted by atomic mass is 16.2. The highest BCUT2D eigenvalue weighted by molar-refractivity contribution is 5.90. The Bertz CT molecular complexity index is 992. The second-order valence-electron chi connectivity index (χ2n) is 7.83. The number of carbonyl (C=O) groups is 1. The van der Waals surface area contributed by atoms with Crippen LogP contribution in [0.3, 0.4) is 0 Å². The summed E-state index contributed by atoms with van der Waals surface area (Å²) in [5, 5.41) is 10.3. The Balaban J connectivity index is 1.48. The summed E-state index contributed by atoms with van der Waals surface area (Å²) in [6, 6.07) is 5.71. The van der Waals surface area contributed by atoms with Gasteiger partial charge >= 0.3 is 6.03 Å². The number of pyridine rings is 2. The molecule has 8 nitrogen and oxygen atoms in total. The van der Waals surface area contributed by atoms with Gasteiger partial charge in [0.15, 0.2) is 0 Å². The van der Waals surface area contributed by atoms with Crippen LogP contribution in [0.5, 0.6) is 0 Å². The minimum absolute atomic E-state index is 0.199. The minimum Gasteiger partial charge on any atom is -0.335 e. The van der Waals surface area contributed by atoms with Gasteiger partial charge in [-0.15, -0.1) is 0 Å². The number of anilines is 1. The van der Waals surface area contributed by atoms with Crippen LogP contribution in [-0.2, 0) is 6.54 Å². The average molecular weight is 393 g/mol. The number of aromatic nitrogens is 4. The largest absolute Gasteiger partial charge is 0.335 e. The standard InChI is InChI=1S/C21H27N7O/c1-27(2)9-10-28-14-16(13-23-28)15-11-19-18(22-12-15)7-8-20(25-19)26-21(29)24-17-5-3-4-6-17/h7-8,11-14,17H,3-6,9-10H2,1-2H3,(H2,24,25,26,29). The lowest BCUT2D eigenvalue weighted by Crippen LogP contribution is -2.36. The molecular formula is C21H27N7O. The van der Waals surface area contributed by atoms with Crippen molar-refractivity contribution in [2.24, 2.45) is 0 Å². The van der Waals surface area contributed by atoms with Gasteiger partial charge in [0, 0.05) is 36.1 Å². The summed E-state index contributed by atoms with van der Waals surface area (Å²) in [6.45, 7) is 1.76. The Hall–Kier alpha value is -3.00. The molecule has 0 bridgehead atoms. The van der Waals surface area contributed by atoms with Gasteiger partial charge in [-0.25, -0.2) is 9.78 Å². The molecule has 0 aliphatic heterocycles. The van der Waals surface area contributed by atoms with Crippen molar-refractivity contribution in [3.63, 3.8) is 0 Å². The van der Waals surface area contributed by atoms with E-state index in [9.17, 15) is 4.79 Å². The number of rotatable bonds is 6. The van der Waals surface area contributed by atoms with Crippen LogP contribution in [0.25, 0.3) is 22.2 Å². The van der Waals surface area contributed by atoms with Gasteiger partial charge in [0.05, 0.1) is 23.8 Å². The summed E-state index contributed by atoms with van der Waals surface area (Å²) in [7, 11) is 4.09. The molecule has 3 heterocycles. The third kappa shape index (κ3) is 4.89. The van der Waals surface area contributed by atoms with Crippen LogP contribution in [0.4, 0.5) is 10.6 Å². The number of hydrogen-bond donors (Lipinski definition) is 2. The number of fused-ring (bicyclic) bond motifs is 1. The number of likely N-dealkylation sites (N-methyl/N-ethyl adjacent to an activating group) is 1. The van der Waals surface area contributed by atoms with E-state index >= 15 is 0 Å². The molecule has 3 aromatic rings. The van der Waals surface area contributed by atoms with Gasteiger partial charge in [-0.3, -0.25) is 15.0 Å². The Morgan fingerprint density at radius 2 is 2.00 bits per heavy atom. The van der Waals surface area contributed by atoms with Gasteiger partial charge < -0.3 is 10.2 Å². The number of amides is 2. The zero-order valence-electron chi connectivity index (χ0n) is 16.9. The summed E-state index contributed by atoms with van der Waals surface area (Å²) in [5.74, 6) is 0.522. The monoisotopic (exact) mass is 393 g/mol. The maximum atomic E-state index is 12.2. The van der Waals surface area contributed by atoms with Crippen molar-refractivity contribution in [1.29, 1.82) is 0 Å². The van der Waals surface area contributed by atoms with E-state index in [0.717, 1.165) is 48.1 Å². The molecule has 29 heavy (non-hydrogen) atoms. The molecule has 2 N–H and O–H groups in total. The topological polar surface area (TPSA) is 88.0 Å². The fourth-order valence-corrected chi connectivity index (χ4v) is 3.58. The molecule has 0 aromatic carbocycles. The van der Waals surface area contributed by atoms with E-state index in [-0.39, 0.29) is 12.1 Å². The fraction of sp³-hybridized carbons (Fsp3) is 0.429. The summed E-state index contributed by atoms with van der Waals surface area (Å²) in [4.78, 5) is 23.4. The molecule has 0 atom stereocenters. The van der Waals surface area contributed by atoms with E-state index in [2.05, 4.69) is 30.6 Å². The molecule has 0 unspecified atom stereocenters. The second-order valence-corrected chi connectivity index (χ2v) is 7.83. The lowest BCUT2D eigenvalue weighted by molar-refractivity contribution is 0.248. The summed E-state index contributed by atoms with van der Waals surface area (Å²) in [5.41, 5.74) is 3.48. The van der Waals surface area contributed by atoms with Gasteiger partial charge in [-0.05, 0) is 45.1 Å². The molecule has 4 rings (SSSR count). The Morgan fingerprint density at radius 1 is 1.17 bits per heavy atom. The third-order valence-corrected chi connectivity index (χ3v) is 5.21. The Labute approximate surface area is 170 Å². The first kappa shape index (κ1) is 19.3. The average Bonchev–Trinajstić information content (AvgIpc) is 3.37. The molecular weight excluding hydrogens is 366 g/mol.